The maximum absolute atomic E-state index is 11.2. The zero-order chi connectivity index (χ0) is 16.9. The molecule has 4 rings (SSSR count). The average Bonchev–Trinajstić information content (AvgIpc) is 2.86. The molecular weight excluding hydrogens is 296 g/mol. The predicted molar refractivity (Wildman–Crippen MR) is 97.3 cm³/mol. The molecule has 1 saturated carbocycles. The smallest absolute Gasteiger partial charge is 0.119 e. The molecule has 3 aliphatic rings. The number of hydrogen-bond acceptors (Lipinski definition) is 2. The van der Waals surface area contributed by atoms with Gasteiger partial charge in [-0.1, -0.05) is 31.2 Å². The first-order valence-electron chi connectivity index (χ1n) is 9.22. The van der Waals surface area contributed by atoms with Crippen LogP contribution >= 0.6 is 0 Å². The molecule has 0 amide bonds. The van der Waals surface area contributed by atoms with Crippen LogP contribution in [0.2, 0.25) is 0 Å². The van der Waals surface area contributed by atoms with Crippen molar-refractivity contribution in [3.05, 3.63) is 54.1 Å². The molecule has 0 aliphatic heterocycles. The Kier molecular flexibility index (Phi) is 3.65. The predicted octanol–water partition coefficient (Wildman–Crippen LogP) is 4.63. The van der Waals surface area contributed by atoms with Gasteiger partial charge in [-0.05, 0) is 73.1 Å². The van der Waals surface area contributed by atoms with Crippen molar-refractivity contribution < 1.29 is 9.84 Å². The lowest BCUT2D eigenvalue weighted by atomic mass is 9.52. The standard InChI is InChI=1S/C22H28O2/c1-4-11-22(23)13-10-20-19-7-5-15-14-16(24-3)6-8-17(15)18(19)9-12-21(20,22)2/h4,6,8,10,13-14,18-20,23H,1,5,7,9,11-12H2,2-3H3/t18-,19-,20+,21+,22+/m1/s1. The molecule has 2 heteroatoms. The van der Waals surface area contributed by atoms with Crippen LogP contribution in [0.5, 0.6) is 5.75 Å². The van der Waals surface area contributed by atoms with Gasteiger partial charge in [-0.25, -0.2) is 0 Å². The molecule has 0 bridgehead atoms. The molecule has 0 saturated heterocycles. The molecule has 0 radical (unpaired) electrons. The molecule has 24 heavy (non-hydrogen) atoms. The second-order valence-electron chi connectivity index (χ2n) is 8.13. The third-order valence-electron chi connectivity index (χ3n) is 7.21. The minimum Gasteiger partial charge on any atom is -0.497 e. The molecule has 1 aromatic carbocycles. The molecule has 3 aliphatic carbocycles. The van der Waals surface area contributed by atoms with Gasteiger partial charge in [-0.2, -0.15) is 0 Å². The minimum absolute atomic E-state index is 0.0493. The van der Waals surface area contributed by atoms with E-state index in [0.29, 0.717) is 24.2 Å². The fourth-order valence-corrected chi connectivity index (χ4v) is 5.77. The average molecular weight is 324 g/mol. The van der Waals surface area contributed by atoms with Gasteiger partial charge in [-0.3, -0.25) is 0 Å². The maximum Gasteiger partial charge on any atom is 0.119 e. The topological polar surface area (TPSA) is 29.5 Å². The van der Waals surface area contributed by atoms with E-state index in [0.717, 1.165) is 25.0 Å². The fourth-order valence-electron chi connectivity index (χ4n) is 5.77. The van der Waals surface area contributed by atoms with E-state index < -0.39 is 5.60 Å². The lowest BCUT2D eigenvalue weighted by Crippen LogP contribution is -2.51. The third kappa shape index (κ3) is 2.05. The summed E-state index contributed by atoms with van der Waals surface area (Å²) >= 11 is 0. The number of methoxy groups -OCH3 is 1. The first-order chi connectivity index (χ1) is 11.5. The van der Waals surface area contributed by atoms with Crippen molar-refractivity contribution in [2.24, 2.45) is 17.3 Å². The molecule has 0 heterocycles. The van der Waals surface area contributed by atoms with E-state index in [1.54, 1.807) is 7.11 Å². The van der Waals surface area contributed by atoms with Gasteiger partial charge >= 0.3 is 0 Å². The number of rotatable bonds is 3. The largest absolute Gasteiger partial charge is 0.497 e. The summed E-state index contributed by atoms with van der Waals surface area (Å²) in [5.41, 5.74) is 2.21. The first-order valence-corrected chi connectivity index (χ1v) is 9.22. The van der Waals surface area contributed by atoms with Crippen LogP contribution in [0.3, 0.4) is 0 Å². The Morgan fingerprint density at radius 2 is 2.21 bits per heavy atom. The highest BCUT2D eigenvalue weighted by atomic mass is 16.5. The van der Waals surface area contributed by atoms with Crippen LogP contribution in [0, 0.1) is 17.3 Å². The number of ether oxygens (including phenoxy) is 1. The Morgan fingerprint density at radius 1 is 1.38 bits per heavy atom. The molecular formula is C22H28O2. The number of allylic oxidation sites excluding steroid dienone is 1. The summed E-state index contributed by atoms with van der Waals surface area (Å²) in [5, 5.41) is 11.2. The highest BCUT2D eigenvalue weighted by molar-refractivity contribution is 5.41. The van der Waals surface area contributed by atoms with E-state index in [4.69, 9.17) is 4.74 Å². The second-order valence-corrected chi connectivity index (χ2v) is 8.13. The number of hydrogen-bond donors (Lipinski definition) is 1. The van der Waals surface area contributed by atoms with Gasteiger partial charge in [0.2, 0.25) is 0 Å². The van der Waals surface area contributed by atoms with Crippen molar-refractivity contribution >= 4 is 0 Å². The molecule has 0 spiro atoms. The van der Waals surface area contributed by atoms with Crippen molar-refractivity contribution in [3.8, 4) is 5.75 Å². The molecule has 2 nitrogen and oxygen atoms in total. The van der Waals surface area contributed by atoms with Crippen LogP contribution in [0.25, 0.3) is 0 Å². The normalized spacial score (nSPS) is 39.7. The van der Waals surface area contributed by atoms with Gasteiger partial charge in [0.25, 0.3) is 0 Å². The zero-order valence-corrected chi connectivity index (χ0v) is 14.8. The highest BCUT2D eigenvalue weighted by Gasteiger charge is 2.58. The Labute approximate surface area is 145 Å². The lowest BCUT2D eigenvalue weighted by Gasteiger charge is -2.53. The van der Waals surface area contributed by atoms with Crippen molar-refractivity contribution in [2.75, 3.05) is 7.11 Å². The monoisotopic (exact) mass is 324 g/mol. The van der Waals surface area contributed by atoms with Crippen molar-refractivity contribution in [1.29, 1.82) is 0 Å². The van der Waals surface area contributed by atoms with E-state index in [1.807, 2.05) is 6.08 Å². The van der Waals surface area contributed by atoms with Crippen LogP contribution < -0.4 is 4.74 Å². The Morgan fingerprint density at radius 3 is 2.96 bits per heavy atom. The van der Waals surface area contributed by atoms with Crippen LogP contribution in [0.15, 0.2) is 43.0 Å². The van der Waals surface area contributed by atoms with Gasteiger partial charge in [0, 0.05) is 5.41 Å². The second kappa shape index (κ2) is 5.49. The molecule has 0 unspecified atom stereocenters. The van der Waals surface area contributed by atoms with E-state index in [-0.39, 0.29) is 5.41 Å². The van der Waals surface area contributed by atoms with Gasteiger partial charge < -0.3 is 9.84 Å². The van der Waals surface area contributed by atoms with Crippen molar-refractivity contribution in [3.63, 3.8) is 0 Å². The Hall–Kier alpha value is -1.54. The number of aryl methyl sites for hydroxylation is 1. The van der Waals surface area contributed by atoms with Crippen LogP contribution in [0.1, 0.15) is 49.7 Å². The van der Waals surface area contributed by atoms with E-state index in [2.05, 4.69) is 43.9 Å². The number of benzene rings is 1. The lowest BCUT2D eigenvalue weighted by molar-refractivity contribution is -0.0836. The molecule has 1 N–H and O–H groups in total. The van der Waals surface area contributed by atoms with Crippen molar-refractivity contribution in [2.45, 2.75) is 50.5 Å². The summed E-state index contributed by atoms with van der Waals surface area (Å²) in [6.07, 6.45) is 11.5. The molecule has 1 aromatic rings. The minimum atomic E-state index is -0.718. The van der Waals surface area contributed by atoms with Crippen LogP contribution in [-0.4, -0.2) is 17.8 Å². The van der Waals surface area contributed by atoms with Gasteiger partial charge in [0.05, 0.1) is 12.7 Å². The summed E-state index contributed by atoms with van der Waals surface area (Å²) in [5.74, 6) is 2.69. The summed E-state index contributed by atoms with van der Waals surface area (Å²) in [6, 6.07) is 6.60. The van der Waals surface area contributed by atoms with Crippen molar-refractivity contribution in [1.82, 2.24) is 0 Å². The zero-order valence-electron chi connectivity index (χ0n) is 14.8. The molecule has 5 atom stereocenters. The Bertz CT molecular complexity index is 691. The number of fused-ring (bicyclic) bond motifs is 5. The SMILES string of the molecule is C=CC[C@]1(O)C=C[C@H]2[C@@H]3CCc4cc(OC)ccc4[C@H]3CC[C@@]21C. The first kappa shape index (κ1) is 16.0. The van der Waals surface area contributed by atoms with E-state index in [1.165, 1.54) is 17.5 Å². The van der Waals surface area contributed by atoms with E-state index >= 15 is 0 Å². The number of aliphatic hydroxyl groups is 1. The summed E-state index contributed by atoms with van der Waals surface area (Å²) in [7, 11) is 1.74. The molecule has 128 valence electrons. The van der Waals surface area contributed by atoms with Crippen LogP contribution in [-0.2, 0) is 6.42 Å². The quantitative estimate of drug-likeness (QED) is 0.821. The third-order valence-corrected chi connectivity index (χ3v) is 7.21. The van der Waals surface area contributed by atoms with Gasteiger partial charge in [0.15, 0.2) is 0 Å². The summed E-state index contributed by atoms with van der Waals surface area (Å²) in [6.45, 7) is 6.15. The van der Waals surface area contributed by atoms with E-state index in [9.17, 15) is 5.11 Å². The van der Waals surface area contributed by atoms with Gasteiger partial charge in [-0.15, -0.1) is 6.58 Å². The molecule has 0 aromatic heterocycles. The van der Waals surface area contributed by atoms with Gasteiger partial charge in [0.1, 0.15) is 5.75 Å². The summed E-state index contributed by atoms with van der Waals surface area (Å²) in [4.78, 5) is 0. The fraction of sp³-hybridized carbons (Fsp3) is 0.545. The highest BCUT2D eigenvalue weighted by Crippen LogP contribution is 2.62. The maximum atomic E-state index is 11.2. The van der Waals surface area contributed by atoms with Crippen LogP contribution in [0.4, 0.5) is 0 Å². The molecule has 1 fully saturated rings. The summed E-state index contributed by atoms with van der Waals surface area (Å²) < 4.78 is 5.40. The Balaban J connectivity index is 1.68.